The maximum atomic E-state index is 10.5. The first kappa shape index (κ1) is 7.50. The highest BCUT2D eigenvalue weighted by molar-refractivity contribution is 5.73. The Hall–Kier alpha value is -0.610. The molecule has 0 spiro atoms. The van der Waals surface area contributed by atoms with Gasteiger partial charge in [-0.05, 0) is 13.5 Å². The summed E-state index contributed by atoms with van der Waals surface area (Å²) >= 11 is 0. The molecular weight excluding hydrogens is 132 g/mol. The molecule has 1 heterocycles. The molecule has 0 bridgehead atoms. The van der Waals surface area contributed by atoms with E-state index >= 15 is 0 Å². The molecule has 0 radical (unpaired) electrons. The summed E-state index contributed by atoms with van der Waals surface area (Å²) in [6, 6.07) is -0.332. The van der Waals surface area contributed by atoms with Gasteiger partial charge < -0.3 is 10.8 Å². The maximum absolute atomic E-state index is 10.5. The Kier molecular flexibility index (Phi) is 1.92. The number of nitrogens with two attached hydrogens (primary N) is 1. The van der Waals surface area contributed by atoms with E-state index in [0.717, 1.165) is 0 Å². The molecule has 2 atom stereocenters. The molecule has 1 aliphatic heterocycles. The van der Waals surface area contributed by atoms with E-state index in [1.807, 2.05) is 0 Å². The zero-order valence-electron chi connectivity index (χ0n) is 5.95. The monoisotopic (exact) mass is 144 g/mol. The lowest BCUT2D eigenvalue weighted by atomic mass is 10.2. The molecule has 0 unspecified atom stereocenters. The van der Waals surface area contributed by atoms with Crippen molar-refractivity contribution in [3.63, 3.8) is 0 Å². The van der Waals surface area contributed by atoms with E-state index in [9.17, 15) is 4.79 Å². The van der Waals surface area contributed by atoms with Crippen molar-refractivity contribution in [2.24, 2.45) is 5.73 Å². The van der Waals surface area contributed by atoms with E-state index in [1.54, 1.807) is 11.9 Å². The minimum atomic E-state index is -0.768. The topological polar surface area (TPSA) is 66.6 Å². The lowest BCUT2D eigenvalue weighted by Crippen LogP contribution is -2.32. The van der Waals surface area contributed by atoms with Crippen LogP contribution in [0.3, 0.4) is 0 Å². The van der Waals surface area contributed by atoms with Gasteiger partial charge in [0, 0.05) is 12.6 Å². The molecule has 4 heteroatoms. The third kappa shape index (κ3) is 1.27. The second-order valence-electron chi connectivity index (χ2n) is 2.79. The van der Waals surface area contributed by atoms with Crippen molar-refractivity contribution in [2.45, 2.75) is 18.5 Å². The van der Waals surface area contributed by atoms with Crippen LogP contribution in [0.2, 0.25) is 0 Å². The number of likely N-dealkylation sites (tertiary alicyclic amines) is 1. The first-order valence-corrected chi connectivity index (χ1v) is 3.30. The first-order chi connectivity index (χ1) is 4.61. The molecule has 0 aliphatic carbocycles. The van der Waals surface area contributed by atoms with Crippen LogP contribution in [0.4, 0.5) is 0 Å². The summed E-state index contributed by atoms with van der Waals surface area (Å²) in [5.74, 6) is -0.768. The quantitative estimate of drug-likeness (QED) is 0.500. The van der Waals surface area contributed by atoms with Gasteiger partial charge in [-0.3, -0.25) is 9.69 Å². The maximum Gasteiger partial charge on any atom is 0.320 e. The molecular formula is C6H12N2O2. The predicted molar refractivity (Wildman–Crippen MR) is 36.6 cm³/mol. The van der Waals surface area contributed by atoms with Gasteiger partial charge in [0.25, 0.3) is 0 Å². The smallest absolute Gasteiger partial charge is 0.320 e. The van der Waals surface area contributed by atoms with Crippen LogP contribution in [0.5, 0.6) is 0 Å². The number of hydrogen-bond donors (Lipinski definition) is 2. The summed E-state index contributed by atoms with van der Waals surface area (Å²) in [5.41, 5.74) is 5.55. The van der Waals surface area contributed by atoms with Gasteiger partial charge >= 0.3 is 5.97 Å². The predicted octanol–water partition coefficient (Wildman–Crippen LogP) is -0.898. The Morgan fingerprint density at radius 1 is 1.80 bits per heavy atom. The third-order valence-corrected chi connectivity index (χ3v) is 1.87. The van der Waals surface area contributed by atoms with Crippen LogP contribution < -0.4 is 5.73 Å². The van der Waals surface area contributed by atoms with Gasteiger partial charge in [-0.2, -0.15) is 0 Å². The summed E-state index contributed by atoms with van der Waals surface area (Å²) < 4.78 is 0. The SMILES string of the molecule is CN1C[C@@H](N)C[C@H]1C(=O)O. The van der Waals surface area contributed by atoms with Crippen molar-refractivity contribution in [2.75, 3.05) is 13.6 Å². The van der Waals surface area contributed by atoms with E-state index in [2.05, 4.69) is 0 Å². The Bertz CT molecular complexity index is 149. The molecule has 0 aromatic rings. The number of carboxylic acid groups (broad SMARTS) is 1. The fourth-order valence-electron chi connectivity index (χ4n) is 1.33. The van der Waals surface area contributed by atoms with Crippen molar-refractivity contribution < 1.29 is 9.90 Å². The average molecular weight is 144 g/mol. The molecule has 1 aliphatic rings. The fourth-order valence-corrected chi connectivity index (χ4v) is 1.33. The number of aliphatic carboxylic acids is 1. The second-order valence-corrected chi connectivity index (χ2v) is 2.79. The van der Waals surface area contributed by atoms with Crippen LogP contribution in [-0.4, -0.2) is 41.7 Å². The summed E-state index contributed by atoms with van der Waals surface area (Å²) in [6.45, 7) is 0.691. The van der Waals surface area contributed by atoms with Crippen LogP contribution in [0.25, 0.3) is 0 Å². The van der Waals surface area contributed by atoms with E-state index in [0.29, 0.717) is 13.0 Å². The van der Waals surface area contributed by atoms with Crippen molar-refractivity contribution in [1.82, 2.24) is 4.90 Å². The van der Waals surface area contributed by atoms with Crippen LogP contribution in [-0.2, 0) is 4.79 Å². The minimum absolute atomic E-state index is 0.0334. The van der Waals surface area contributed by atoms with Crippen LogP contribution in [0.15, 0.2) is 0 Å². The normalized spacial score (nSPS) is 34.6. The Morgan fingerprint density at radius 2 is 2.40 bits per heavy atom. The number of likely N-dealkylation sites (N-methyl/N-ethyl adjacent to an activating group) is 1. The summed E-state index contributed by atoms with van der Waals surface area (Å²) in [7, 11) is 1.78. The van der Waals surface area contributed by atoms with Crippen LogP contribution >= 0.6 is 0 Å². The molecule has 1 rings (SSSR count). The average Bonchev–Trinajstić information content (AvgIpc) is 2.10. The van der Waals surface area contributed by atoms with Gasteiger partial charge in [-0.25, -0.2) is 0 Å². The van der Waals surface area contributed by atoms with Crippen LogP contribution in [0, 0.1) is 0 Å². The molecule has 1 saturated heterocycles. The molecule has 10 heavy (non-hydrogen) atoms. The highest BCUT2D eigenvalue weighted by Crippen LogP contribution is 2.13. The number of carbonyl (C=O) groups is 1. The minimum Gasteiger partial charge on any atom is -0.480 e. The van der Waals surface area contributed by atoms with Gasteiger partial charge in [0.15, 0.2) is 0 Å². The zero-order chi connectivity index (χ0) is 7.72. The van der Waals surface area contributed by atoms with Crippen molar-refractivity contribution in [3.8, 4) is 0 Å². The standard InChI is InChI=1S/C6H12N2O2/c1-8-3-4(7)2-5(8)6(9)10/h4-5H,2-3,7H2,1H3,(H,9,10)/t4-,5-/m0/s1. The third-order valence-electron chi connectivity index (χ3n) is 1.87. The largest absolute Gasteiger partial charge is 0.480 e. The molecule has 0 aromatic carbocycles. The Labute approximate surface area is 59.6 Å². The first-order valence-electron chi connectivity index (χ1n) is 3.30. The molecule has 4 nitrogen and oxygen atoms in total. The van der Waals surface area contributed by atoms with E-state index in [1.165, 1.54) is 0 Å². The highest BCUT2D eigenvalue weighted by atomic mass is 16.4. The van der Waals surface area contributed by atoms with Crippen molar-refractivity contribution in [3.05, 3.63) is 0 Å². The van der Waals surface area contributed by atoms with Gasteiger partial charge in [-0.1, -0.05) is 0 Å². The summed E-state index contributed by atoms with van der Waals surface area (Å²) in [6.07, 6.45) is 0.575. The fraction of sp³-hybridized carbons (Fsp3) is 0.833. The number of nitrogens with zero attached hydrogens (tertiary/aromatic N) is 1. The van der Waals surface area contributed by atoms with Crippen LogP contribution in [0.1, 0.15) is 6.42 Å². The molecule has 0 saturated carbocycles. The molecule has 58 valence electrons. The second kappa shape index (κ2) is 2.56. The molecule has 3 N–H and O–H groups in total. The number of carboxylic acids is 1. The summed E-state index contributed by atoms with van der Waals surface area (Å²) in [5, 5.41) is 8.60. The van der Waals surface area contributed by atoms with Gasteiger partial charge in [0.1, 0.15) is 6.04 Å². The van der Waals surface area contributed by atoms with Crippen molar-refractivity contribution in [1.29, 1.82) is 0 Å². The van der Waals surface area contributed by atoms with Gasteiger partial charge in [0.05, 0.1) is 0 Å². The lowest BCUT2D eigenvalue weighted by molar-refractivity contribution is -0.141. The Morgan fingerprint density at radius 3 is 2.60 bits per heavy atom. The van der Waals surface area contributed by atoms with Gasteiger partial charge in [-0.15, -0.1) is 0 Å². The molecule has 0 aromatic heterocycles. The van der Waals surface area contributed by atoms with E-state index in [-0.39, 0.29) is 12.1 Å². The number of hydrogen-bond acceptors (Lipinski definition) is 3. The zero-order valence-corrected chi connectivity index (χ0v) is 5.95. The van der Waals surface area contributed by atoms with Crippen molar-refractivity contribution >= 4 is 5.97 Å². The van der Waals surface area contributed by atoms with Gasteiger partial charge in [0.2, 0.25) is 0 Å². The molecule has 1 fully saturated rings. The summed E-state index contributed by atoms with van der Waals surface area (Å²) in [4.78, 5) is 12.2. The van der Waals surface area contributed by atoms with E-state index in [4.69, 9.17) is 10.8 Å². The van der Waals surface area contributed by atoms with E-state index < -0.39 is 5.97 Å². The molecule has 0 amide bonds. The number of rotatable bonds is 1. The Balaban J connectivity index is 2.54. The lowest BCUT2D eigenvalue weighted by Gasteiger charge is -2.12. The highest BCUT2D eigenvalue weighted by Gasteiger charge is 2.31.